The molecule has 100 valence electrons. The van der Waals surface area contributed by atoms with Crippen LogP contribution in [0.1, 0.15) is 10.4 Å². The van der Waals surface area contributed by atoms with Crippen LogP contribution in [0.2, 0.25) is 0 Å². The summed E-state index contributed by atoms with van der Waals surface area (Å²) in [5, 5.41) is 13.3. The lowest BCUT2D eigenvalue weighted by Crippen LogP contribution is -2.02. The number of anilines is 2. The molecule has 1 aromatic carbocycles. The summed E-state index contributed by atoms with van der Waals surface area (Å²) in [6.07, 6.45) is 1.59. The molecule has 0 aliphatic rings. The van der Waals surface area contributed by atoms with E-state index in [-0.39, 0.29) is 11.5 Å². The highest BCUT2D eigenvalue weighted by Gasteiger charge is 2.15. The van der Waals surface area contributed by atoms with Crippen molar-refractivity contribution in [2.75, 3.05) is 11.5 Å². The second-order valence-electron chi connectivity index (χ2n) is 4.30. The van der Waals surface area contributed by atoms with E-state index in [2.05, 4.69) is 10.1 Å². The van der Waals surface area contributed by atoms with Gasteiger partial charge in [0.05, 0.1) is 5.56 Å². The molecule has 0 saturated carbocycles. The van der Waals surface area contributed by atoms with Crippen LogP contribution in [0, 0.1) is 0 Å². The van der Waals surface area contributed by atoms with Gasteiger partial charge in [-0.1, -0.05) is 12.1 Å². The summed E-state index contributed by atoms with van der Waals surface area (Å²) < 4.78 is 1.45. The maximum absolute atomic E-state index is 11.4. The van der Waals surface area contributed by atoms with Gasteiger partial charge >= 0.3 is 5.97 Å². The van der Waals surface area contributed by atoms with Crippen molar-refractivity contribution in [2.45, 2.75) is 0 Å². The highest BCUT2D eigenvalue weighted by Crippen LogP contribution is 2.25. The molecule has 0 saturated heterocycles. The number of nitrogens with zero attached hydrogens (tertiary/aromatic N) is 3. The molecule has 0 amide bonds. The summed E-state index contributed by atoms with van der Waals surface area (Å²) in [5.74, 6) is -0.948. The van der Waals surface area contributed by atoms with Gasteiger partial charge in [0.1, 0.15) is 0 Å². The Kier molecular flexibility index (Phi) is 2.53. The Balaban J connectivity index is 2.28. The van der Waals surface area contributed by atoms with Crippen molar-refractivity contribution in [1.29, 1.82) is 0 Å². The van der Waals surface area contributed by atoms with E-state index in [0.29, 0.717) is 16.9 Å². The van der Waals surface area contributed by atoms with E-state index in [0.717, 1.165) is 5.56 Å². The van der Waals surface area contributed by atoms with E-state index in [9.17, 15) is 9.90 Å². The van der Waals surface area contributed by atoms with Crippen molar-refractivity contribution in [3.05, 3.63) is 42.1 Å². The van der Waals surface area contributed by atoms with Crippen LogP contribution in [0.3, 0.4) is 0 Å². The van der Waals surface area contributed by atoms with Crippen LogP contribution in [-0.4, -0.2) is 25.7 Å². The summed E-state index contributed by atoms with van der Waals surface area (Å²) in [6, 6.07) is 8.37. The lowest BCUT2D eigenvalue weighted by molar-refractivity contribution is 0.0697. The van der Waals surface area contributed by atoms with E-state index < -0.39 is 5.97 Å². The standard InChI is InChI=1S/C13H11N5O2/c14-8-3-1-7(2-4-8)10-6-18-11(16-13(15)17-18)5-9(10)12(19)20/h1-6H,14H2,(H2,15,17)(H,19,20). The molecule has 0 atom stereocenters. The lowest BCUT2D eigenvalue weighted by Gasteiger charge is -2.07. The number of benzene rings is 1. The number of nitrogen functional groups attached to an aromatic ring is 2. The Bertz CT molecular complexity index is 807. The number of pyridine rings is 1. The number of carboxylic acid groups (broad SMARTS) is 1. The monoisotopic (exact) mass is 269 g/mol. The van der Waals surface area contributed by atoms with Gasteiger partial charge in [0.15, 0.2) is 5.65 Å². The first-order chi connectivity index (χ1) is 9.54. The number of rotatable bonds is 2. The third kappa shape index (κ3) is 1.91. The predicted octanol–water partition coefficient (Wildman–Crippen LogP) is 1.26. The van der Waals surface area contributed by atoms with Gasteiger partial charge in [-0.15, -0.1) is 5.10 Å². The minimum absolute atomic E-state index is 0.0933. The fourth-order valence-corrected chi connectivity index (χ4v) is 2.01. The van der Waals surface area contributed by atoms with E-state index in [1.165, 1.54) is 10.6 Å². The van der Waals surface area contributed by atoms with Gasteiger partial charge in [0.2, 0.25) is 5.95 Å². The number of nitrogens with two attached hydrogens (primary N) is 2. The van der Waals surface area contributed by atoms with Crippen LogP contribution in [-0.2, 0) is 0 Å². The van der Waals surface area contributed by atoms with Crippen LogP contribution in [0.15, 0.2) is 36.5 Å². The zero-order valence-electron chi connectivity index (χ0n) is 10.3. The van der Waals surface area contributed by atoms with Crippen molar-refractivity contribution in [2.24, 2.45) is 0 Å². The molecule has 0 radical (unpaired) electrons. The van der Waals surface area contributed by atoms with Gasteiger partial charge < -0.3 is 16.6 Å². The van der Waals surface area contributed by atoms with Crippen LogP contribution in [0.25, 0.3) is 16.8 Å². The molecule has 0 spiro atoms. The second-order valence-corrected chi connectivity index (χ2v) is 4.30. The first-order valence-corrected chi connectivity index (χ1v) is 5.80. The zero-order valence-corrected chi connectivity index (χ0v) is 10.3. The molecule has 0 aliphatic carbocycles. The predicted molar refractivity (Wildman–Crippen MR) is 74.2 cm³/mol. The van der Waals surface area contributed by atoms with Gasteiger partial charge in [0, 0.05) is 17.4 Å². The number of fused-ring (bicyclic) bond motifs is 1. The molecule has 0 bridgehead atoms. The molecule has 0 aliphatic heterocycles. The molecule has 5 N–H and O–H groups in total. The second kappa shape index (κ2) is 4.23. The Labute approximate surface area is 113 Å². The third-order valence-electron chi connectivity index (χ3n) is 2.94. The highest BCUT2D eigenvalue weighted by atomic mass is 16.4. The number of aromatic nitrogens is 3. The van der Waals surface area contributed by atoms with Crippen LogP contribution in [0.5, 0.6) is 0 Å². The van der Waals surface area contributed by atoms with Crippen LogP contribution >= 0.6 is 0 Å². The Hall–Kier alpha value is -3.09. The van der Waals surface area contributed by atoms with Gasteiger partial charge in [-0.3, -0.25) is 0 Å². The van der Waals surface area contributed by atoms with Gasteiger partial charge in [-0.2, -0.15) is 4.98 Å². The molecule has 0 unspecified atom stereocenters. The summed E-state index contributed by atoms with van der Waals surface area (Å²) >= 11 is 0. The van der Waals surface area contributed by atoms with Crippen molar-refractivity contribution < 1.29 is 9.90 Å². The van der Waals surface area contributed by atoms with E-state index >= 15 is 0 Å². The molecule has 20 heavy (non-hydrogen) atoms. The molecular weight excluding hydrogens is 258 g/mol. The maximum Gasteiger partial charge on any atom is 0.336 e. The quantitative estimate of drug-likeness (QED) is 0.602. The van der Waals surface area contributed by atoms with Crippen LogP contribution in [0.4, 0.5) is 11.6 Å². The first-order valence-electron chi connectivity index (χ1n) is 5.80. The topological polar surface area (TPSA) is 120 Å². The van der Waals surface area contributed by atoms with Crippen molar-refractivity contribution in [3.8, 4) is 11.1 Å². The summed E-state index contributed by atoms with van der Waals surface area (Å²) in [7, 11) is 0. The van der Waals surface area contributed by atoms with Crippen molar-refractivity contribution in [1.82, 2.24) is 14.6 Å². The fourth-order valence-electron chi connectivity index (χ4n) is 2.01. The van der Waals surface area contributed by atoms with Crippen molar-refractivity contribution in [3.63, 3.8) is 0 Å². The average Bonchev–Trinajstić information content (AvgIpc) is 2.77. The Morgan fingerprint density at radius 3 is 2.55 bits per heavy atom. The zero-order chi connectivity index (χ0) is 14.3. The number of carboxylic acids is 1. The molecule has 3 rings (SSSR count). The van der Waals surface area contributed by atoms with Gasteiger partial charge in [-0.05, 0) is 23.8 Å². The molecule has 0 fully saturated rings. The van der Waals surface area contributed by atoms with Gasteiger partial charge in [-0.25, -0.2) is 9.31 Å². The van der Waals surface area contributed by atoms with Gasteiger partial charge in [0.25, 0.3) is 0 Å². The summed E-state index contributed by atoms with van der Waals surface area (Å²) in [5.41, 5.74) is 13.5. The molecule has 2 heterocycles. The first kappa shape index (κ1) is 12.0. The smallest absolute Gasteiger partial charge is 0.336 e. The molecule has 2 aromatic heterocycles. The number of hydrogen-bond acceptors (Lipinski definition) is 5. The summed E-state index contributed by atoms with van der Waals surface area (Å²) in [6.45, 7) is 0. The average molecular weight is 269 g/mol. The fraction of sp³-hybridized carbons (Fsp3) is 0. The Morgan fingerprint density at radius 1 is 1.20 bits per heavy atom. The third-order valence-corrected chi connectivity index (χ3v) is 2.94. The minimum atomic E-state index is -1.04. The number of hydrogen-bond donors (Lipinski definition) is 3. The lowest BCUT2D eigenvalue weighted by atomic mass is 10.0. The van der Waals surface area contributed by atoms with E-state index in [1.54, 1.807) is 30.5 Å². The molecule has 3 aromatic rings. The Morgan fingerprint density at radius 2 is 1.90 bits per heavy atom. The van der Waals surface area contributed by atoms with E-state index in [1.807, 2.05) is 0 Å². The largest absolute Gasteiger partial charge is 0.478 e. The van der Waals surface area contributed by atoms with Crippen molar-refractivity contribution >= 4 is 23.3 Å². The molecule has 7 heteroatoms. The molecule has 7 nitrogen and oxygen atoms in total. The maximum atomic E-state index is 11.4. The normalized spacial score (nSPS) is 10.8. The minimum Gasteiger partial charge on any atom is -0.478 e. The number of aromatic carboxylic acids is 1. The highest BCUT2D eigenvalue weighted by molar-refractivity contribution is 5.97. The molecular formula is C13H11N5O2. The van der Waals surface area contributed by atoms with Crippen LogP contribution < -0.4 is 11.5 Å². The van der Waals surface area contributed by atoms with E-state index in [4.69, 9.17) is 11.5 Å². The summed E-state index contributed by atoms with van der Waals surface area (Å²) in [4.78, 5) is 15.4. The number of carbonyl (C=O) groups is 1. The SMILES string of the molecule is Nc1ccc(-c2cn3nc(N)nc3cc2C(=O)O)cc1.